The molecule has 0 saturated heterocycles. The van der Waals surface area contributed by atoms with Crippen molar-refractivity contribution in [1.82, 2.24) is 14.8 Å². The van der Waals surface area contributed by atoms with E-state index in [-0.39, 0.29) is 0 Å². The molecule has 0 aliphatic carbocycles. The van der Waals surface area contributed by atoms with Crippen LogP contribution >= 0.6 is 0 Å². The molecule has 0 aliphatic heterocycles. The lowest BCUT2D eigenvalue weighted by atomic mass is 10.2. The van der Waals surface area contributed by atoms with Crippen LogP contribution in [-0.2, 0) is 6.54 Å². The summed E-state index contributed by atoms with van der Waals surface area (Å²) in [5, 5.41) is 11.5. The Labute approximate surface area is 101 Å². The first kappa shape index (κ1) is 11.4. The van der Waals surface area contributed by atoms with Crippen LogP contribution < -0.4 is 11.1 Å². The molecule has 2 aromatic rings. The third kappa shape index (κ3) is 2.22. The molecule has 1 aromatic carbocycles. The van der Waals surface area contributed by atoms with Gasteiger partial charge in [-0.3, -0.25) is 4.57 Å². The van der Waals surface area contributed by atoms with Gasteiger partial charge >= 0.3 is 0 Å². The zero-order valence-corrected chi connectivity index (χ0v) is 10.1. The van der Waals surface area contributed by atoms with Crippen molar-refractivity contribution in [2.45, 2.75) is 20.4 Å². The van der Waals surface area contributed by atoms with Crippen molar-refractivity contribution in [2.24, 2.45) is 0 Å². The molecule has 0 fully saturated rings. The standard InChI is InChI=1S/C12H17N5/c1-3-14-12-16-15-11(17(12)4-2)9-6-5-7-10(13)8-9/h5-8H,3-4,13H2,1-2H3,(H,14,16). The predicted octanol–water partition coefficient (Wildman–Crippen LogP) is 1.98. The first-order valence-electron chi connectivity index (χ1n) is 5.79. The van der Waals surface area contributed by atoms with E-state index in [1.54, 1.807) is 0 Å². The average molecular weight is 231 g/mol. The van der Waals surface area contributed by atoms with E-state index < -0.39 is 0 Å². The molecule has 5 heteroatoms. The van der Waals surface area contributed by atoms with Gasteiger partial charge in [0.1, 0.15) is 0 Å². The normalized spacial score (nSPS) is 10.5. The van der Waals surface area contributed by atoms with E-state index in [0.717, 1.165) is 36.1 Å². The summed E-state index contributed by atoms with van der Waals surface area (Å²) in [5.74, 6) is 1.64. The van der Waals surface area contributed by atoms with Gasteiger partial charge in [-0.25, -0.2) is 0 Å². The minimum atomic E-state index is 0.734. The number of nitrogen functional groups attached to an aromatic ring is 1. The minimum Gasteiger partial charge on any atom is -0.399 e. The molecule has 90 valence electrons. The van der Waals surface area contributed by atoms with Crippen molar-refractivity contribution >= 4 is 11.6 Å². The summed E-state index contributed by atoms with van der Waals surface area (Å²) < 4.78 is 2.04. The highest BCUT2D eigenvalue weighted by Gasteiger charge is 2.11. The van der Waals surface area contributed by atoms with Gasteiger partial charge in [0, 0.05) is 24.3 Å². The van der Waals surface area contributed by atoms with Crippen LogP contribution in [0.25, 0.3) is 11.4 Å². The number of anilines is 2. The molecule has 0 bridgehead atoms. The van der Waals surface area contributed by atoms with Crippen LogP contribution in [0, 0.1) is 0 Å². The molecule has 0 unspecified atom stereocenters. The van der Waals surface area contributed by atoms with Gasteiger partial charge in [-0.05, 0) is 26.0 Å². The fraction of sp³-hybridized carbons (Fsp3) is 0.333. The molecule has 0 spiro atoms. The Bertz CT molecular complexity index is 503. The van der Waals surface area contributed by atoms with Crippen LogP contribution in [0.2, 0.25) is 0 Å². The van der Waals surface area contributed by atoms with Crippen LogP contribution in [-0.4, -0.2) is 21.3 Å². The number of hydrogen-bond donors (Lipinski definition) is 2. The number of aromatic nitrogens is 3. The fourth-order valence-corrected chi connectivity index (χ4v) is 1.78. The SMILES string of the molecule is CCNc1nnc(-c2cccc(N)c2)n1CC. The summed E-state index contributed by atoms with van der Waals surface area (Å²) in [7, 11) is 0. The second kappa shape index (κ2) is 4.86. The molecule has 3 N–H and O–H groups in total. The average Bonchev–Trinajstić information content (AvgIpc) is 2.72. The van der Waals surface area contributed by atoms with Crippen molar-refractivity contribution in [1.29, 1.82) is 0 Å². The Morgan fingerprint density at radius 3 is 2.76 bits per heavy atom. The van der Waals surface area contributed by atoms with Gasteiger partial charge in [0.15, 0.2) is 5.82 Å². The Kier molecular flexibility index (Phi) is 3.27. The van der Waals surface area contributed by atoms with Gasteiger partial charge in [-0.1, -0.05) is 12.1 Å². The smallest absolute Gasteiger partial charge is 0.224 e. The molecule has 5 nitrogen and oxygen atoms in total. The number of hydrogen-bond acceptors (Lipinski definition) is 4. The van der Waals surface area contributed by atoms with Gasteiger partial charge in [-0.15, -0.1) is 10.2 Å². The molecule has 1 heterocycles. The van der Waals surface area contributed by atoms with Gasteiger partial charge < -0.3 is 11.1 Å². The van der Waals surface area contributed by atoms with Crippen molar-refractivity contribution < 1.29 is 0 Å². The fourth-order valence-electron chi connectivity index (χ4n) is 1.78. The predicted molar refractivity (Wildman–Crippen MR) is 69.7 cm³/mol. The first-order chi connectivity index (χ1) is 8.26. The molecule has 2 rings (SSSR count). The molecule has 0 amide bonds. The third-order valence-electron chi connectivity index (χ3n) is 2.55. The number of nitrogens with two attached hydrogens (primary N) is 1. The van der Waals surface area contributed by atoms with Crippen molar-refractivity contribution in [3.63, 3.8) is 0 Å². The Morgan fingerprint density at radius 1 is 1.29 bits per heavy atom. The lowest BCUT2D eigenvalue weighted by molar-refractivity contribution is 0.770. The summed E-state index contributed by atoms with van der Waals surface area (Å²) in [6.45, 7) is 5.75. The number of rotatable bonds is 4. The van der Waals surface area contributed by atoms with E-state index in [1.807, 2.05) is 35.8 Å². The van der Waals surface area contributed by atoms with E-state index >= 15 is 0 Å². The van der Waals surface area contributed by atoms with Crippen LogP contribution in [0.5, 0.6) is 0 Å². The number of benzene rings is 1. The highest BCUT2D eigenvalue weighted by atomic mass is 15.3. The molecule has 1 aromatic heterocycles. The molecule has 17 heavy (non-hydrogen) atoms. The summed E-state index contributed by atoms with van der Waals surface area (Å²) >= 11 is 0. The van der Waals surface area contributed by atoms with Crippen molar-refractivity contribution in [3.05, 3.63) is 24.3 Å². The molecule has 0 atom stereocenters. The highest BCUT2D eigenvalue weighted by Crippen LogP contribution is 2.22. The Balaban J connectivity index is 2.45. The van der Waals surface area contributed by atoms with E-state index in [4.69, 9.17) is 5.73 Å². The number of nitrogens with zero attached hydrogens (tertiary/aromatic N) is 3. The number of nitrogens with one attached hydrogen (secondary N) is 1. The largest absolute Gasteiger partial charge is 0.399 e. The lowest BCUT2D eigenvalue weighted by Gasteiger charge is -2.08. The maximum atomic E-state index is 5.78. The molecule has 0 aliphatic rings. The second-order valence-electron chi connectivity index (χ2n) is 3.75. The van der Waals surface area contributed by atoms with E-state index in [1.165, 1.54) is 0 Å². The zero-order chi connectivity index (χ0) is 12.3. The highest BCUT2D eigenvalue weighted by molar-refractivity contribution is 5.62. The van der Waals surface area contributed by atoms with E-state index in [9.17, 15) is 0 Å². The summed E-state index contributed by atoms with van der Waals surface area (Å²) in [4.78, 5) is 0. The maximum absolute atomic E-state index is 5.78. The Hall–Kier alpha value is -2.04. The van der Waals surface area contributed by atoms with E-state index in [2.05, 4.69) is 22.4 Å². The first-order valence-corrected chi connectivity index (χ1v) is 5.79. The van der Waals surface area contributed by atoms with Gasteiger partial charge in [-0.2, -0.15) is 0 Å². The van der Waals surface area contributed by atoms with Gasteiger partial charge in [0.05, 0.1) is 0 Å². The van der Waals surface area contributed by atoms with Gasteiger partial charge in [0.2, 0.25) is 5.95 Å². The van der Waals surface area contributed by atoms with Crippen LogP contribution in [0.15, 0.2) is 24.3 Å². The topological polar surface area (TPSA) is 68.8 Å². The van der Waals surface area contributed by atoms with Crippen LogP contribution in [0.3, 0.4) is 0 Å². The molecular formula is C12H17N5. The van der Waals surface area contributed by atoms with Crippen molar-refractivity contribution in [2.75, 3.05) is 17.6 Å². The van der Waals surface area contributed by atoms with Crippen molar-refractivity contribution in [3.8, 4) is 11.4 Å². The quantitative estimate of drug-likeness (QED) is 0.789. The lowest BCUT2D eigenvalue weighted by Crippen LogP contribution is -2.06. The summed E-state index contributed by atoms with van der Waals surface area (Å²) in [5.41, 5.74) is 7.50. The molecule has 0 radical (unpaired) electrons. The van der Waals surface area contributed by atoms with E-state index in [0.29, 0.717) is 0 Å². The summed E-state index contributed by atoms with van der Waals surface area (Å²) in [6, 6.07) is 7.68. The summed E-state index contributed by atoms with van der Waals surface area (Å²) in [6.07, 6.45) is 0. The van der Waals surface area contributed by atoms with Gasteiger partial charge in [0.25, 0.3) is 0 Å². The zero-order valence-electron chi connectivity index (χ0n) is 10.1. The van der Waals surface area contributed by atoms with Crippen LogP contribution in [0.1, 0.15) is 13.8 Å². The second-order valence-corrected chi connectivity index (χ2v) is 3.75. The molecule has 0 saturated carbocycles. The Morgan fingerprint density at radius 2 is 2.12 bits per heavy atom. The third-order valence-corrected chi connectivity index (χ3v) is 2.55. The molecular weight excluding hydrogens is 214 g/mol. The van der Waals surface area contributed by atoms with Crippen LogP contribution in [0.4, 0.5) is 11.6 Å². The minimum absolute atomic E-state index is 0.734. The monoisotopic (exact) mass is 231 g/mol. The maximum Gasteiger partial charge on any atom is 0.224 e.